The number of piperidine rings is 1. The van der Waals surface area contributed by atoms with Gasteiger partial charge in [0, 0.05) is 35.8 Å². The first-order valence-corrected chi connectivity index (χ1v) is 11.6. The van der Waals surface area contributed by atoms with Gasteiger partial charge in [-0.2, -0.15) is 0 Å². The first kappa shape index (κ1) is 23.8. The molecule has 0 radical (unpaired) electrons. The van der Waals surface area contributed by atoms with Gasteiger partial charge in [-0.3, -0.25) is 19.7 Å². The van der Waals surface area contributed by atoms with Gasteiger partial charge >= 0.3 is 6.03 Å². The molecular weight excluding hydrogens is 456 g/mol. The number of hydrogen-bond acceptors (Lipinski definition) is 4. The van der Waals surface area contributed by atoms with Crippen molar-refractivity contribution in [2.45, 2.75) is 58.7 Å². The molecule has 0 aliphatic carbocycles. The summed E-state index contributed by atoms with van der Waals surface area (Å²) in [5, 5.41) is 8.47. The second-order valence-electron chi connectivity index (χ2n) is 9.04. The quantitative estimate of drug-likeness (QED) is 0.562. The van der Waals surface area contributed by atoms with Crippen LogP contribution in [0.4, 0.5) is 10.5 Å². The van der Waals surface area contributed by atoms with Gasteiger partial charge in [0.25, 0.3) is 5.91 Å². The van der Waals surface area contributed by atoms with Gasteiger partial charge in [-0.15, -0.1) is 0 Å². The highest BCUT2D eigenvalue weighted by molar-refractivity contribution is 6.31. The normalized spacial score (nSPS) is 17.6. The molecule has 0 aromatic heterocycles. The van der Waals surface area contributed by atoms with Gasteiger partial charge in [0.2, 0.25) is 11.8 Å². The Hall–Kier alpha value is -3.39. The van der Waals surface area contributed by atoms with E-state index in [9.17, 15) is 19.2 Å². The maximum Gasteiger partial charge on any atom is 0.319 e. The summed E-state index contributed by atoms with van der Waals surface area (Å²) in [6.45, 7) is 6.52. The molecule has 9 heteroatoms. The number of anilines is 1. The van der Waals surface area contributed by atoms with E-state index in [1.165, 1.54) is 0 Å². The molecule has 2 heterocycles. The van der Waals surface area contributed by atoms with E-state index < -0.39 is 11.9 Å². The Kier molecular flexibility index (Phi) is 6.61. The van der Waals surface area contributed by atoms with E-state index in [0.717, 1.165) is 22.3 Å². The third-order valence-electron chi connectivity index (χ3n) is 6.26. The first-order valence-electron chi connectivity index (χ1n) is 11.3. The lowest BCUT2D eigenvalue weighted by molar-refractivity contribution is -0.136. The monoisotopic (exact) mass is 482 g/mol. The second-order valence-corrected chi connectivity index (χ2v) is 9.44. The highest BCUT2D eigenvalue weighted by Crippen LogP contribution is 2.34. The fourth-order valence-corrected chi connectivity index (χ4v) is 4.58. The third kappa shape index (κ3) is 4.77. The Labute approximate surface area is 203 Å². The van der Waals surface area contributed by atoms with Crippen LogP contribution in [0.15, 0.2) is 30.3 Å². The highest BCUT2D eigenvalue weighted by atomic mass is 35.5. The Balaban J connectivity index is 1.50. The van der Waals surface area contributed by atoms with Crippen LogP contribution in [-0.2, 0) is 22.7 Å². The number of aryl methyl sites for hydroxylation is 1. The summed E-state index contributed by atoms with van der Waals surface area (Å²) < 4.78 is 0. The van der Waals surface area contributed by atoms with Gasteiger partial charge < -0.3 is 15.5 Å². The largest absolute Gasteiger partial charge is 0.334 e. The van der Waals surface area contributed by atoms with E-state index >= 15 is 0 Å². The standard InChI is InChI=1S/C25H27ClN4O4/c1-13(2)17-8-15(11-27-25(34)28-16-5-4-14(3)20(26)10-16)9-18-19(17)12-30(24(18)33)21-6-7-22(31)29-23(21)32/h4-5,8-10,13,21H,6-7,11-12H2,1-3H3,(H2,27,28,34)(H,29,31,32). The molecule has 2 aliphatic rings. The SMILES string of the molecule is Cc1ccc(NC(=O)NCc2cc3c(c(C(C)C)c2)CN(C2CCC(=O)NC2=O)C3=O)cc1Cl. The molecule has 8 nitrogen and oxygen atoms in total. The smallest absolute Gasteiger partial charge is 0.319 e. The molecule has 1 saturated heterocycles. The number of carbonyl (C=O) groups excluding carboxylic acids is 4. The number of imide groups is 1. The minimum absolute atomic E-state index is 0.145. The summed E-state index contributed by atoms with van der Waals surface area (Å²) in [5.74, 6) is -0.829. The summed E-state index contributed by atoms with van der Waals surface area (Å²) in [4.78, 5) is 51.1. The lowest BCUT2D eigenvalue weighted by Crippen LogP contribution is -2.52. The van der Waals surface area contributed by atoms with Crippen molar-refractivity contribution in [1.82, 2.24) is 15.5 Å². The van der Waals surface area contributed by atoms with E-state index in [4.69, 9.17) is 11.6 Å². The molecular formula is C25H27ClN4O4. The van der Waals surface area contributed by atoms with Crippen molar-refractivity contribution in [3.63, 3.8) is 0 Å². The van der Waals surface area contributed by atoms with Crippen LogP contribution in [0.1, 0.15) is 65.2 Å². The van der Waals surface area contributed by atoms with E-state index in [1.807, 2.05) is 32.9 Å². The lowest BCUT2D eigenvalue weighted by Gasteiger charge is -2.29. The number of rotatable bonds is 5. The highest BCUT2D eigenvalue weighted by Gasteiger charge is 2.40. The Morgan fingerprint density at radius 1 is 1.21 bits per heavy atom. The molecule has 5 amide bonds. The molecule has 34 heavy (non-hydrogen) atoms. The predicted octanol–water partition coefficient (Wildman–Crippen LogP) is 3.85. The van der Waals surface area contributed by atoms with Crippen LogP contribution in [0.3, 0.4) is 0 Å². The number of benzene rings is 2. The molecule has 2 aromatic carbocycles. The summed E-state index contributed by atoms with van der Waals surface area (Å²) in [7, 11) is 0. The molecule has 4 rings (SSSR count). The van der Waals surface area contributed by atoms with Crippen LogP contribution in [-0.4, -0.2) is 34.7 Å². The Bertz CT molecular complexity index is 1190. The van der Waals surface area contributed by atoms with E-state index in [-0.39, 0.29) is 36.7 Å². The number of hydrogen-bond donors (Lipinski definition) is 3. The predicted molar refractivity (Wildman–Crippen MR) is 129 cm³/mol. The van der Waals surface area contributed by atoms with E-state index in [0.29, 0.717) is 29.2 Å². The summed E-state index contributed by atoms with van der Waals surface area (Å²) in [6, 6.07) is 8.01. The van der Waals surface area contributed by atoms with Crippen LogP contribution in [0.2, 0.25) is 5.02 Å². The number of nitrogens with one attached hydrogen (secondary N) is 3. The summed E-state index contributed by atoms with van der Waals surface area (Å²) >= 11 is 6.12. The number of fused-ring (bicyclic) bond motifs is 1. The molecule has 2 aromatic rings. The van der Waals surface area contributed by atoms with Crippen LogP contribution in [0, 0.1) is 6.92 Å². The molecule has 178 valence electrons. The van der Waals surface area contributed by atoms with Gasteiger partial charge in [-0.1, -0.05) is 37.6 Å². The average molecular weight is 483 g/mol. The van der Waals surface area contributed by atoms with Gasteiger partial charge in [0.15, 0.2) is 0 Å². The van der Waals surface area contributed by atoms with Crippen molar-refractivity contribution in [2.75, 3.05) is 5.32 Å². The number of amides is 5. The molecule has 1 atom stereocenters. The molecule has 1 unspecified atom stereocenters. The van der Waals surface area contributed by atoms with Crippen molar-refractivity contribution in [3.05, 3.63) is 63.2 Å². The number of urea groups is 1. The summed E-state index contributed by atoms with van der Waals surface area (Å²) in [6.07, 6.45) is 0.531. The minimum Gasteiger partial charge on any atom is -0.334 e. The number of halogens is 1. The zero-order valence-corrected chi connectivity index (χ0v) is 20.1. The number of nitrogens with zero attached hydrogens (tertiary/aromatic N) is 1. The molecule has 0 bridgehead atoms. The number of carbonyl (C=O) groups is 4. The van der Waals surface area contributed by atoms with Gasteiger partial charge in [0.1, 0.15) is 6.04 Å². The molecule has 0 spiro atoms. The Morgan fingerprint density at radius 2 is 1.97 bits per heavy atom. The van der Waals surface area contributed by atoms with E-state index in [2.05, 4.69) is 16.0 Å². The van der Waals surface area contributed by atoms with Crippen LogP contribution >= 0.6 is 11.6 Å². The second kappa shape index (κ2) is 9.46. The van der Waals surface area contributed by atoms with Gasteiger partial charge in [-0.05, 0) is 59.7 Å². The molecule has 3 N–H and O–H groups in total. The van der Waals surface area contributed by atoms with Crippen LogP contribution in [0.25, 0.3) is 0 Å². The zero-order valence-electron chi connectivity index (χ0n) is 19.3. The molecule has 2 aliphatic heterocycles. The third-order valence-corrected chi connectivity index (χ3v) is 6.66. The lowest BCUT2D eigenvalue weighted by atomic mass is 9.92. The molecule has 0 saturated carbocycles. The average Bonchev–Trinajstić information content (AvgIpc) is 3.10. The Morgan fingerprint density at radius 3 is 2.65 bits per heavy atom. The van der Waals surface area contributed by atoms with Crippen molar-refractivity contribution in [2.24, 2.45) is 0 Å². The minimum atomic E-state index is -0.661. The topological polar surface area (TPSA) is 108 Å². The fraction of sp³-hybridized carbons (Fsp3) is 0.360. The van der Waals surface area contributed by atoms with Crippen LogP contribution in [0.5, 0.6) is 0 Å². The summed E-state index contributed by atoms with van der Waals surface area (Å²) in [5.41, 5.74) is 4.73. The fourth-order valence-electron chi connectivity index (χ4n) is 4.40. The van der Waals surface area contributed by atoms with Crippen molar-refractivity contribution >= 4 is 41.0 Å². The maximum atomic E-state index is 13.2. The van der Waals surface area contributed by atoms with Crippen molar-refractivity contribution in [1.29, 1.82) is 0 Å². The maximum absolute atomic E-state index is 13.2. The first-order chi connectivity index (χ1) is 16.1. The molecule has 1 fully saturated rings. The van der Waals surface area contributed by atoms with Gasteiger partial charge in [0.05, 0.1) is 0 Å². The van der Waals surface area contributed by atoms with E-state index in [1.54, 1.807) is 23.1 Å². The van der Waals surface area contributed by atoms with Gasteiger partial charge in [-0.25, -0.2) is 4.79 Å². The van der Waals surface area contributed by atoms with Crippen LogP contribution < -0.4 is 16.0 Å². The zero-order chi connectivity index (χ0) is 24.6. The van der Waals surface area contributed by atoms with Crippen molar-refractivity contribution < 1.29 is 19.2 Å². The van der Waals surface area contributed by atoms with Crippen molar-refractivity contribution in [3.8, 4) is 0 Å².